The summed E-state index contributed by atoms with van der Waals surface area (Å²) in [6.45, 7) is 1.78. The zero-order valence-electron chi connectivity index (χ0n) is 14.1. The molecule has 0 saturated heterocycles. The molecule has 2 aliphatic rings. The van der Waals surface area contributed by atoms with Crippen molar-refractivity contribution >= 4 is 39.1 Å². The van der Waals surface area contributed by atoms with Crippen LogP contribution in [-0.2, 0) is 13.0 Å². The zero-order valence-corrected chi connectivity index (χ0v) is 16.4. The van der Waals surface area contributed by atoms with Crippen LogP contribution in [-0.4, -0.2) is 39.6 Å². The van der Waals surface area contributed by atoms with Crippen LogP contribution in [0.1, 0.15) is 34.5 Å². The number of nitrogens with zero attached hydrogens (tertiary/aromatic N) is 2. The van der Waals surface area contributed by atoms with Gasteiger partial charge in [0.05, 0.1) is 16.8 Å². The SMILES string of the molecule is O=C(Nc1cccc(Br)c1Cl)c1cc2c(cn1)CN([C@H]1C[C@@H](O)C1)CC2. The number of nitrogens with one attached hydrogen (secondary N) is 1. The third-order valence-corrected chi connectivity index (χ3v) is 6.46. The predicted octanol–water partition coefficient (Wildman–Crippen LogP) is 3.63. The van der Waals surface area contributed by atoms with Crippen LogP contribution in [0.5, 0.6) is 0 Å². The third kappa shape index (κ3) is 3.51. The number of hydrogen-bond acceptors (Lipinski definition) is 4. The number of carbonyl (C=O) groups excluding carboxylic acids is 1. The average molecular weight is 437 g/mol. The van der Waals surface area contributed by atoms with Gasteiger partial charge in [-0.3, -0.25) is 14.7 Å². The molecule has 0 bridgehead atoms. The van der Waals surface area contributed by atoms with Gasteiger partial charge in [-0.25, -0.2) is 0 Å². The number of aliphatic hydroxyl groups is 1. The summed E-state index contributed by atoms with van der Waals surface area (Å²) in [5.74, 6) is -0.266. The Kier molecular flexibility index (Phi) is 5.01. The lowest BCUT2D eigenvalue weighted by Crippen LogP contribution is -2.48. The fourth-order valence-corrected chi connectivity index (χ4v) is 4.08. The monoisotopic (exact) mass is 435 g/mol. The maximum atomic E-state index is 12.5. The zero-order chi connectivity index (χ0) is 18.3. The van der Waals surface area contributed by atoms with Crippen LogP contribution in [0, 0.1) is 0 Å². The van der Waals surface area contributed by atoms with Crippen molar-refractivity contribution in [3.63, 3.8) is 0 Å². The minimum atomic E-state index is -0.266. The number of anilines is 1. The average Bonchev–Trinajstić information content (AvgIpc) is 2.62. The summed E-state index contributed by atoms with van der Waals surface area (Å²) in [7, 11) is 0. The first-order chi connectivity index (χ1) is 12.5. The Bertz CT molecular complexity index is 855. The number of amides is 1. The molecule has 5 nitrogen and oxygen atoms in total. The van der Waals surface area contributed by atoms with Crippen LogP contribution >= 0.6 is 27.5 Å². The molecule has 2 heterocycles. The number of rotatable bonds is 3. The molecule has 1 aliphatic carbocycles. The molecule has 2 aromatic rings. The first-order valence-corrected chi connectivity index (χ1v) is 9.83. The van der Waals surface area contributed by atoms with Crippen LogP contribution in [0.4, 0.5) is 5.69 Å². The fourth-order valence-electron chi connectivity index (χ4n) is 3.54. The summed E-state index contributed by atoms with van der Waals surface area (Å²) in [6, 6.07) is 7.75. The van der Waals surface area contributed by atoms with Gasteiger partial charge in [-0.05, 0) is 64.5 Å². The van der Waals surface area contributed by atoms with E-state index >= 15 is 0 Å². The second-order valence-corrected chi connectivity index (χ2v) is 8.13. The van der Waals surface area contributed by atoms with E-state index in [2.05, 4.69) is 31.1 Å². The molecule has 0 atom stereocenters. The van der Waals surface area contributed by atoms with Gasteiger partial charge in [0.25, 0.3) is 5.91 Å². The first kappa shape index (κ1) is 17.9. The molecule has 4 rings (SSSR count). The highest BCUT2D eigenvalue weighted by molar-refractivity contribution is 9.10. The van der Waals surface area contributed by atoms with E-state index in [1.54, 1.807) is 12.3 Å². The Morgan fingerprint density at radius 3 is 2.92 bits per heavy atom. The summed E-state index contributed by atoms with van der Waals surface area (Å²) < 4.78 is 0.733. The van der Waals surface area contributed by atoms with Gasteiger partial charge in [0.15, 0.2) is 0 Å². The van der Waals surface area contributed by atoms with E-state index < -0.39 is 0 Å². The molecule has 1 aromatic heterocycles. The molecular formula is C19H19BrClN3O2. The summed E-state index contributed by atoms with van der Waals surface area (Å²) in [5, 5.41) is 12.8. The number of halogens is 2. The van der Waals surface area contributed by atoms with Crippen molar-refractivity contribution in [1.82, 2.24) is 9.88 Å². The molecule has 1 saturated carbocycles. The minimum Gasteiger partial charge on any atom is -0.393 e. The second kappa shape index (κ2) is 7.27. The van der Waals surface area contributed by atoms with Crippen LogP contribution in [0.25, 0.3) is 0 Å². The van der Waals surface area contributed by atoms with Gasteiger partial charge < -0.3 is 10.4 Å². The van der Waals surface area contributed by atoms with Crippen LogP contribution in [0.2, 0.25) is 5.02 Å². The number of pyridine rings is 1. The Balaban J connectivity index is 1.47. The van der Waals surface area contributed by atoms with Gasteiger partial charge in [0, 0.05) is 29.8 Å². The highest BCUT2D eigenvalue weighted by atomic mass is 79.9. The van der Waals surface area contributed by atoms with E-state index in [4.69, 9.17) is 11.6 Å². The molecule has 7 heteroatoms. The quantitative estimate of drug-likeness (QED) is 0.771. The molecular weight excluding hydrogens is 418 g/mol. The summed E-state index contributed by atoms with van der Waals surface area (Å²) >= 11 is 9.56. The lowest BCUT2D eigenvalue weighted by Gasteiger charge is -2.42. The van der Waals surface area contributed by atoms with Crippen LogP contribution < -0.4 is 5.32 Å². The molecule has 2 N–H and O–H groups in total. The number of carbonyl (C=O) groups is 1. The van der Waals surface area contributed by atoms with Crippen molar-refractivity contribution in [2.24, 2.45) is 0 Å². The maximum Gasteiger partial charge on any atom is 0.274 e. The van der Waals surface area contributed by atoms with Crippen molar-refractivity contribution < 1.29 is 9.90 Å². The highest BCUT2D eigenvalue weighted by Gasteiger charge is 2.34. The van der Waals surface area contributed by atoms with E-state index in [-0.39, 0.29) is 12.0 Å². The second-order valence-electron chi connectivity index (χ2n) is 6.89. The lowest BCUT2D eigenvalue weighted by atomic mass is 9.86. The van der Waals surface area contributed by atoms with Crippen molar-refractivity contribution in [3.8, 4) is 0 Å². The first-order valence-electron chi connectivity index (χ1n) is 8.66. The molecule has 1 fully saturated rings. The number of fused-ring (bicyclic) bond motifs is 1. The van der Waals surface area contributed by atoms with Gasteiger partial charge in [0.1, 0.15) is 5.69 Å². The summed E-state index contributed by atoms with van der Waals surface area (Å²) in [5.41, 5.74) is 3.28. The number of hydrogen-bond donors (Lipinski definition) is 2. The van der Waals surface area contributed by atoms with Gasteiger partial charge in [-0.1, -0.05) is 17.7 Å². The van der Waals surface area contributed by atoms with Gasteiger partial charge in [0.2, 0.25) is 0 Å². The molecule has 1 aliphatic heterocycles. The predicted molar refractivity (Wildman–Crippen MR) is 104 cm³/mol. The lowest BCUT2D eigenvalue weighted by molar-refractivity contribution is -0.00418. The summed E-state index contributed by atoms with van der Waals surface area (Å²) in [6.07, 6.45) is 4.26. The topological polar surface area (TPSA) is 65.5 Å². The Morgan fingerprint density at radius 2 is 2.15 bits per heavy atom. The molecule has 1 amide bonds. The van der Waals surface area contributed by atoms with Crippen molar-refractivity contribution in [1.29, 1.82) is 0 Å². The molecule has 0 radical (unpaired) electrons. The van der Waals surface area contributed by atoms with E-state index in [1.807, 2.05) is 18.2 Å². The van der Waals surface area contributed by atoms with Gasteiger partial charge in [-0.15, -0.1) is 0 Å². The number of aromatic nitrogens is 1. The molecule has 0 spiro atoms. The van der Waals surface area contributed by atoms with E-state index in [1.165, 1.54) is 5.56 Å². The molecule has 136 valence electrons. The molecule has 0 unspecified atom stereocenters. The largest absolute Gasteiger partial charge is 0.393 e. The number of benzene rings is 1. The fraction of sp³-hybridized carbons (Fsp3) is 0.368. The maximum absolute atomic E-state index is 12.5. The third-order valence-electron chi connectivity index (χ3n) is 5.16. The van der Waals surface area contributed by atoms with Crippen molar-refractivity contribution in [2.75, 3.05) is 11.9 Å². The summed E-state index contributed by atoms with van der Waals surface area (Å²) in [4.78, 5) is 19.3. The minimum absolute atomic E-state index is 0.143. The van der Waals surface area contributed by atoms with E-state index in [9.17, 15) is 9.90 Å². The van der Waals surface area contributed by atoms with Crippen molar-refractivity contribution in [3.05, 3.63) is 56.8 Å². The molecule has 26 heavy (non-hydrogen) atoms. The van der Waals surface area contributed by atoms with E-state index in [0.717, 1.165) is 42.4 Å². The molecule has 1 aromatic carbocycles. The van der Waals surface area contributed by atoms with Crippen LogP contribution in [0.3, 0.4) is 0 Å². The standard InChI is InChI=1S/C19H19BrClN3O2/c20-15-2-1-3-16(18(15)21)23-19(26)17-6-11-4-5-24(10-12(11)9-22-17)13-7-14(25)8-13/h1-3,6,9,13-14,25H,4-5,7-8,10H2,(H,23,26)/t13-,14+. The smallest absolute Gasteiger partial charge is 0.274 e. The number of aliphatic hydroxyl groups excluding tert-OH is 1. The van der Waals surface area contributed by atoms with Gasteiger partial charge in [-0.2, -0.15) is 0 Å². The van der Waals surface area contributed by atoms with Crippen molar-refractivity contribution in [2.45, 2.75) is 38.0 Å². The van der Waals surface area contributed by atoms with E-state index in [0.29, 0.717) is 22.4 Å². The van der Waals surface area contributed by atoms with Gasteiger partial charge >= 0.3 is 0 Å². The van der Waals surface area contributed by atoms with Crippen LogP contribution in [0.15, 0.2) is 34.9 Å². The Morgan fingerprint density at radius 1 is 1.35 bits per heavy atom. The Hall–Kier alpha value is -1.47. The Labute approximate surface area is 165 Å². The normalized spacial score (nSPS) is 22.4. The highest BCUT2D eigenvalue weighted by Crippen LogP contribution is 2.31.